The van der Waals surface area contributed by atoms with Gasteiger partial charge in [0.05, 0.1) is 12.2 Å². The summed E-state index contributed by atoms with van der Waals surface area (Å²) in [6, 6.07) is 18.0. The summed E-state index contributed by atoms with van der Waals surface area (Å²) >= 11 is 0. The first kappa shape index (κ1) is 40.9. The van der Waals surface area contributed by atoms with Crippen molar-refractivity contribution >= 4 is 17.7 Å². The van der Waals surface area contributed by atoms with Gasteiger partial charge in [-0.15, -0.1) is 0 Å². The van der Waals surface area contributed by atoms with Gasteiger partial charge in [-0.05, 0) is 103 Å². The Hall–Kier alpha value is -3.27. The number of nitrogens with one attached hydrogen (secondary N) is 2. The predicted molar refractivity (Wildman–Crippen MR) is 219 cm³/mol. The molecule has 1 aliphatic heterocycles. The van der Waals surface area contributed by atoms with Crippen molar-refractivity contribution in [2.75, 3.05) is 26.2 Å². The zero-order valence-electron chi connectivity index (χ0n) is 34.2. The molecular weight excluding hydrogens is 701 g/mol. The van der Waals surface area contributed by atoms with Gasteiger partial charge in [-0.25, -0.2) is 0 Å². The maximum atomic E-state index is 14.4. The second-order valence-electron chi connectivity index (χ2n) is 18.7. The van der Waals surface area contributed by atoms with Crippen LogP contribution in [0.1, 0.15) is 109 Å². The summed E-state index contributed by atoms with van der Waals surface area (Å²) in [5.74, 6) is 1.83. The molecule has 0 spiro atoms. The molecule has 1 saturated heterocycles. The minimum absolute atomic E-state index is 0.0592. The smallest absolute Gasteiger partial charge is 0.245 e. The maximum Gasteiger partial charge on any atom is 0.245 e. The van der Waals surface area contributed by atoms with Gasteiger partial charge in [0.15, 0.2) is 0 Å². The number of carbonyl (C=O) groups excluding carboxylic acids is 3. The molecule has 56 heavy (non-hydrogen) atoms. The summed E-state index contributed by atoms with van der Waals surface area (Å²) in [4.78, 5) is 45.9. The number of aliphatic hydroxyl groups excluding tert-OH is 2. The van der Waals surface area contributed by atoms with E-state index in [1.54, 1.807) is 0 Å². The van der Waals surface area contributed by atoms with Gasteiger partial charge in [-0.1, -0.05) is 94.3 Å². The lowest BCUT2D eigenvalue weighted by Crippen LogP contribution is -2.63. The van der Waals surface area contributed by atoms with Crippen LogP contribution in [0.15, 0.2) is 60.7 Å². The van der Waals surface area contributed by atoms with Crippen LogP contribution in [0.25, 0.3) is 0 Å². The molecule has 306 valence electrons. The fourth-order valence-corrected chi connectivity index (χ4v) is 12.3. The van der Waals surface area contributed by atoms with Gasteiger partial charge >= 0.3 is 0 Å². The fourth-order valence-electron chi connectivity index (χ4n) is 12.3. The minimum Gasteiger partial charge on any atom is -0.393 e. The van der Waals surface area contributed by atoms with Crippen molar-refractivity contribution in [2.45, 2.75) is 141 Å². The number of unbranched alkanes of at least 4 members (excludes halogenated alkanes) is 2. The van der Waals surface area contributed by atoms with Gasteiger partial charge < -0.3 is 25.7 Å². The molecule has 3 amide bonds. The average Bonchev–Trinajstić information content (AvgIpc) is 3.51. The molecule has 0 bridgehead atoms. The van der Waals surface area contributed by atoms with Gasteiger partial charge in [-0.2, -0.15) is 0 Å². The third-order valence-corrected chi connectivity index (χ3v) is 15.6. The normalized spacial score (nSPS) is 34.0. The van der Waals surface area contributed by atoms with E-state index in [2.05, 4.69) is 36.3 Å². The monoisotopic (exact) mass is 769 g/mol. The Morgan fingerprint density at radius 3 is 2.07 bits per heavy atom. The third kappa shape index (κ3) is 8.61. The van der Waals surface area contributed by atoms with Gasteiger partial charge in [0.25, 0.3) is 0 Å². The number of amides is 3. The summed E-state index contributed by atoms with van der Waals surface area (Å²) in [5, 5.41) is 28.7. The molecule has 4 saturated carbocycles. The largest absolute Gasteiger partial charge is 0.393 e. The molecule has 7 rings (SSSR count). The highest BCUT2D eigenvalue weighted by atomic mass is 16.3. The molecule has 4 aliphatic carbocycles. The van der Waals surface area contributed by atoms with E-state index in [0.717, 1.165) is 62.5 Å². The molecule has 5 aliphatic rings. The van der Waals surface area contributed by atoms with Crippen LogP contribution >= 0.6 is 0 Å². The predicted octanol–water partition coefficient (Wildman–Crippen LogP) is 5.91. The van der Waals surface area contributed by atoms with Crippen LogP contribution in [0, 0.1) is 34.5 Å². The first-order chi connectivity index (χ1) is 27.0. The Balaban J connectivity index is 1.02. The Bertz CT molecular complexity index is 1630. The van der Waals surface area contributed by atoms with Crippen LogP contribution < -0.4 is 10.6 Å². The number of fused-ring (bicyclic) bond motifs is 5. The Morgan fingerprint density at radius 2 is 1.41 bits per heavy atom. The van der Waals surface area contributed by atoms with Gasteiger partial charge in [0.1, 0.15) is 12.1 Å². The molecule has 0 aromatic heterocycles. The maximum absolute atomic E-state index is 14.4. The summed E-state index contributed by atoms with van der Waals surface area (Å²) in [6.45, 7) is 9.42. The van der Waals surface area contributed by atoms with Crippen LogP contribution in [0.5, 0.6) is 0 Å². The number of hydrogen-bond acceptors (Lipinski definition) is 6. The Labute approximate surface area is 335 Å². The number of nitrogens with zero attached hydrogens (tertiary/aromatic N) is 2. The van der Waals surface area contributed by atoms with E-state index < -0.39 is 12.1 Å². The molecule has 2 aromatic carbocycles. The molecule has 5 fully saturated rings. The quantitative estimate of drug-likeness (QED) is 0.188. The number of piperazine rings is 1. The van der Waals surface area contributed by atoms with Crippen molar-refractivity contribution in [1.29, 1.82) is 0 Å². The molecule has 2 aromatic rings. The Kier molecular flexibility index (Phi) is 12.9. The lowest BCUT2D eigenvalue weighted by Gasteiger charge is -2.62. The van der Waals surface area contributed by atoms with Crippen LogP contribution in [0.3, 0.4) is 0 Å². The van der Waals surface area contributed by atoms with Crippen molar-refractivity contribution in [3.8, 4) is 0 Å². The van der Waals surface area contributed by atoms with E-state index in [0.29, 0.717) is 69.1 Å². The van der Waals surface area contributed by atoms with Crippen molar-refractivity contribution in [1.82, 2.24) is 20.4 Å². The van der Waals surface area contributed by atoms with Crippen LogP contribution in [0.2, 0.25) is 0 Å². The van der Waals surface area contributed by atoms with Crippen molar-refractivity contribution in [3.63, 3.8) is 0 Å². The minimum atomic E-state index is -0.802. The second-order valence-corrected chi connectivity index (χ2v) is 18.7. The lowest BCUT2D eigenvalue weighted by atomic mass is 9.44. The second kappa shape index (κ2) is 17.7. The van der Waals surface area contributed by atoms with Crippen LogP contribution in [-0.4, -0.2) is 94.2 Å². The summed E-state index contributed by atoms with van der Waals surface area (Å²) in [7, 11) is 0. The summed E-state index contributed by atoms with van der Waals surface area (Å²) in [5.41, 5.74) is 2.13. The fraction of sp³-hybridized carbons (Fsp3) is 0.681. The molecule has 0 unspecified atom stereocenters. The topological polar surface area (TPSA) is 122 Å². The zero-order chi connectivity index (χ0) is 39.5. The lowest BCUT2D eigenvalue weighted by molar-refractivity contribution is -0.157. The molecule has 4 N–H and O–H groups in total. The molecule has 0 radical (unpaired) electrons. The van der Waals surface area contributed by atoms with E-state index in [1.807, 2.05) is 65.6 Å². The van der Waals surface area contributed by atoms with E-state index in [1.165, 1.54) is 19.3 Å². The summed E-state index contributed by atoms with van der Waals surface area (Å²) in [6.07, 6.45) is 11.9. The van der Waals surface area contributed by atoms with Gasteiger partial charge in [-0.3, -0.25) is 19.3 Å². The number of benzene rings is 2. The van der Waals surface area contributed by atoms with E-state index in [9.17, 15) is 24.6 Å². The SMILES string of the molecule is CCCCCC(=O)N[C@@H](Cc1ccccc1)C(=O)N[C@@H](Cc1ccccc1)C(=O)N1CCN([C@H]2C[C@@]3(C)[C@@H](CC[C@@H]4[C@@H]3CC[C@]3(C)[C@@H](O)CC[C@@H]43)C[C@@H]2O)CC1. The zero-order valence-corrected chi connectivity index (χ0v) is 34.2. The number of hydrogen-bond donors (Lipinski definition) is 4. The average molecular weight is 769 g/mol. The van der Waals surface area contributed by atoms with E-state index >= 15 is 0 Å². The first-order valence-electron chi connectivity index (χ1n) is 22.1. The van der Waals surface area contributed by atoms with Crippen molar-refractivity contribution < 1.29 is 24.6 Å². The molecule has 9 nitrogen and oxygen atoms in total. The third-order valence-electron chi connectivity index (χ3n) is 15.6. The highest BCUT2D eigenvalue weighted by Crippen LogP contribution is 2.66. The molecular formula is C47H68N4O5. The Morgan fingerprint density at radius 1 is 0.768 bits per heavy atom. The number of rotatable bonds is 13. The highest BCUT2D eigenvalue weighted by molar-refractivity contribution is 5.92. The molecule has 11 atom stereocenters. The summed E-state index contributed by atoms with van der Waals surface area (Å²) < 4.78 is 0. The first-order valence-corrected chi connectivity index (χ1v) is 22.1. The molecule has 1 heterocycles. The van der Waals surface area contributed by atoms with Crippen molar-refractivity contribution in [2.24, 2.45) is 34.5 Å². The van der Waals surface area contributed by atoms with E-state index in [-0.39, 0.29) is 46.8 Å². The standard InChI is InChI=1S/C47H68N4O5/c1-4-5-8-17-43(54)48-38(28-32-13-9-6-10-14-32)44(55)49-39(29-33-15-11-7-12-16-33)45(56)51-26-24-50(25-27-51)40-31-47(3)34(30-41(40)52)18-19-35-36-20-21-42(53)46(36,2)23-22-37(35)47/h6-7,9-16,34-42,52-53H,4-5,8,17-31H2,1-3H3,(H,48,54)(H,49,55)/t34-,35-,36-,37-,38-,39-,40-,41-,42-,46-,47-/m0/s1. The van der Waals surface area contributed by atoms with Crippen molar-refractivity contribution in [3.05, 3.63) is 71.8 Å². The van der Waals surface area contributed by atoms with E-state index in [4.69, 9.17) is 0 Å². The number of carbonyl (C=O) groups is 3. The van der Waals surface area contributed by atoms with Gasteiger partial charge in [0, 0.05) is 51.5 Å². The van der Waals surface area contributed by atoms with Gasteiger partial charge in [0.2, 0.25) is 17.7 Å². The number of aliphatic hydroxyl groups is 2. The molecule has 9 heteroatoms. The highest BCUT2D eigenvalue weighted by Gasteiger charge is 2.61. The van der Waals surface area contributed by atoms with Crippen LogP contribution in [0.4, 0.5) is 0 Å². The van der Waals surface area contributed by atoms with Crippen LogP contribution in [-0.2, 0) is 27.2 Å².